The van der Waals surface area contributed by atoms with Crippen molar-refractivity contribution in [2.45, 2.75) is 39.1 Å². The molecule has 0 aliphatic carbocycles. The van der Waals surface area contributed by atoms with Gasteiger partial charge in [0.1, 0.15) is 12.0 Å². The van der Waals surface area contributed by atoms with E-state index in [4.69, 9.17) is 19.2 Å². The second-order valence-corrected chi connectivity index (χ2v) is 8.72. The molecule has 4 heterocycles. The van der Waals surface area contributed by atoms with Gasteiger partial charge >= 0.3 is 5.69 Å². The lowest BCUT2D eigenvalue weighted by Crippen LogP contribution is -2.44. The summed E-state index contributed by atoms with van der Waals surface area (Å²) in [5.41, 5.74) is 2.69. The lowest BCUT2D eigenvalue weighted by atomic mass is 10.1. The number of aromatic nitrogens is 5. The van der Waals surface area contributed by atoms with Gasteiger partial charge in [-0.25, -0.2) is 14.8 Å². The summed E-state index contributed by atoms with van der Waals surface area (Å²) in [7, 11) is 3.18. The van der Waals surface area contributed by atoms with Crippen molar-refractivity contribution in [1.29, 1.82) is 0 Å². The number of morpholine rings is 1. The van der Waals surface area contributed by atoms with E-state index < -0.39 is 0 Å². The Bertz CT molecular complexity index is 1390. The average Bonchev–Trinajstić information content (AvgIpc) is 3.31. The van der Waals surface area contributed by atoms with Gasteiger partial charge in [-0.3, -0.25) is 9.47 Å². The van der Waals surface area contributed by atoms with Gasteiger partial charge in [-0.2, -0.15) is 9.61 Å². The highest BCUT2D eigenvalue weighted by molar-refractivity contribution is 5.89. The molecule has 0 amide bonds. The summed E-state index contributed by atoms with van der Waals surface area (Å²) < 4.78 is 19.5. The first-order valence-corrected chi connectivity index (χ1v) is 11.3. The number of hydrogen-bond donors (Lipinski definition) is 0. The lowest BCUT2D eigenvalue weighted by molar-refractivity contribution is -0.0705. The van der Waals surface area contributed by atoms with E-state index >= 15 is 0 Å². The van der Waals surface area contributed by atoms with Crippen molar-refractivity contribution in [3.63, 3.8) is 0 Å². The summed E-state index contributed by atoms with van der Waals surface area (Å²) in [5, 5.41) is 4.95. The van der Waals surface area contributed by atoms with Crippen LogP contribution in [0.1, 0.15) is 25.0 Å². The fourth-order valence-corrected chi connectivity index (χ4v) is 4.71. The molecule has 4 aromatic rings. The van der Waals surface area contributed by atoms with Crippen LogP contribution in [0, 0.1) is 0 Å². The van der Waals surface area contributed by atoms with Crippen LogP contribution in [0.25, 0.3) is 16.7 Å². The number of hydrogen-bond acceptors (Lipinski definition) is 8. The summed E-state index contributed by atoms with van der Waals surface area (Å²) in [6.07, 6.45) is 3.61. The Morgan fingerprint density at radius 1 is 0.971 bits per heavy atom. The first kappa shape index (κ1) is 22.3. The lowest BCUT2D eigenvalue weighted by Gasteiger charge is -2.35. The van der Waals surface area contributed by atoms with Crippen LogP contribution < -0.4 is 15.2 Å². The van der Waals surface area contributed by atoms with Crippen LogP contribution in [-0.2, 0) is 17.8 Å². The molecule has 1 fully saturated rings. The number of ether oxygens (including phenoxy) is 3. The molecular formula is C24H28N6O4. The van der Waals surface area contributed by atoms with Crippen molar-refractivity contribution < 1.29 is 14.2 Å². The van der Waals surface area contributed by atoms with Crippen LogP contribution in [0.4, 0.5) is 0 Å². The SMILES string of the molecule is COc1ccc(Cn2c(=O)n3ncnc3c3cc(CN4CC(C)OC(C)C4)cnc32)cc1OC. The number of fused-ring (bicyclic) bond motifs is 3. The molecule has 1 aliphatic heterocycles. The molecule has 1 saturated heterocycles. The molecule has 0 spiro atoms. The number of rotatable bonds is 6. The molecule has 34 heavy (non-hydrogen) atoms. The van der Waals surface area contributed by atoms with Gasteiger partial charge in [-0.15, -0.1) is 0 Å². The number of methoxy groups -OCH3 is 2. The van der Waals surface area contributed by atoms with Crippen molar-refractivity contribution in [2.75, 3.05) is 27.3 Å². The largest absolute Gasteiger partial charge is 0.493 e. The standard InChI is InChI=1S/C24H28N6O4/c1-15-10-28(11-16(2)34-15)12-18-7-19-22(25-9-18)29(24(31)30-23(19)26-14-27-30)13-17-5-6-20(32-3)21(8-17)33-4/h5-9,14-16H,10-13H2,1-4H3. The van der Waals surface area contributed by atoms with Gasteiger partial charge in [-0.05, 0) is 43.2 Å². The molecule has 10 nitrogen and oxygen atoms in total. The molecule has 2 atom stereocenters. The maximum Gasteiger partial charge on any atom is 0.352 e. The van der Waals surface area contributed by atoms with Crippen molar-refractivity contribution in [1.82, 2.24) is 29.0 Å². The molecule has 2 unspecified atom stereocenters. The Labute approximate surface area is 196 Å². The first-order chi connectivity index (χ1) is 16.5. The predicted octanol–water partition coefficient (Wildman–Crippen LogP) is 2.11. The van der Waals surface area contributed by atoms with Crippen LogP contribution in [0.2, 0.25) is 0 Å². The van der Waals surface area contributed by atoms with E-state index in [2.05, 4.69) is 34.9 Å². The topological polar surface area (TPSA) is 96.0 Å². The van der Waals surface area contributed by atoms with E-state index in [-0.39, 0.29) is 17.9 Å². The Morgan fingerprint density at radius 3 is 2.47 bits per heavy atom. The molecular weight excluding hydrogens is 436 g/mol. The molecule has 5 rings (SSSR count). The molecule has 178 valence electrons. The molecule has 10 heteroatoms. The second kappa shape index (κ2) is 9.03. The van der Waals surface area contributed by atoms with Gasteiger partial charge in [0.25, 0.3) is 0 Å². The van der Waals surface area contributed by atoms with Gasteiger partial charge in [0.15, 0.2) is 17.1 Å². The zero-order valence-corrected chi connectivity index (χ0v) is 19.8. The molecule has 0 bridgehead atoms. The second-order valence-electron chi connectivity index (χ2n) is 8.72. The van der Waals surface area contributed by atoms with E-state index in [9.17, 15) is 4.79 Å². The highest BCUT2D eigenvalue weighted by atomic mass is 16.5. The van der Waals surface area contributed by atoms with Crippen molar-refractivity contribution in [3.05, 3.63) is 58.4 Å². The number of nitrogens with zero attached hydrogens (tertiary/aromatic N) is 6. The smallest absolute Gasteiger partial charge is 0.352 e. The number of pyridine rings is 1. The maximum atomic E-state index is 13.3. The Morgan fingerprint density at radius 2 is 1.74 bits per heavy atom. The normalized spacial score (nSPS) is 19.1. The predicted molar refractivity (Wildman–Crippen MR) is 126 cm³/mol. The Hall–Kier alpha value is -3.50. The Kier molecular flexibility index (Phi) is 5.93. The number of benzene rings is 1. The summed E-state index contributed by atoms with van der Waals surface area (Å²) in [5.74, 6) is 1.23. The fraction of sp³-hybridized carbons (Fsp3) is 0.417. The van der Waals surface area contributed by atoms with Crippen LogP contribution >= 0.6 is 0 Å². The van der Waals surface area contributed by atoms with E-state index in [1.54, 1.807) is 18.8 Å². The summed E-state index contributed by atoms with van der Waals surface area (Å²) >= 11 is 0. The molecule has 0 radical (unpaired) electrons. The minimum Gasteiger partial charge on any atom is -0.493 e. The van der Waals surface area contributed by atoms with Crippen LogP contribution in [0.5, 0.6) is 11.5 Å². The van der Waals surface area contributed by atoms with Gasteiger partial charge < -0.3 is 14.2 Å². The van der Waals surface area contributed by atoms with Gasteiger partial charge in [0.2, 0.25) is 0 Å². The van der Waals surface area contributed by atoms with E-state index in [0.717, 1.165) is 36.1 Å². The molecule has 0 N–H and O–H groups in total. The minimum atomic E-state index is -0.300. The van der Waals surface area contributed by atoms with E-state index in [1.165, 1.54) is 10.8 Å². The third kappa shape index (κ3) is 4.10. The molecule has 0 saturated carbocycles. The van der Waals surface area contributed by atoms with E-state index in [0.29, 0.717) is 29.3 Å². The average molecular weight is 465 g/mol. The fourth-order valence-electron chi connectivity index (χ4n) is 4.71. The third-order valence-corrected chi connectivity index (χ3v) is 6.07. The van der Waals surface area contributed by atoms with Crippen LogP contribution in [-0.4, -0.2) is 68.6 Å². The quantitative estimate of drug-likeness (QED) is 0.428. The van der Waals surface area contributed by atoms with Crippen LogP contribution in [0.3, 0.4) is 0 Å². The molecule has 3 aromatic heterocycles. The Balaban J connectivity index is 1.56. The van der Waals surface area contributed by atoms with Crippen molar-refractivity contribution in [2.24, 2.45) is 0 Å². The summed E-state index contributed by atoms with van der Waals surface area (Å²) in [4.78, 5) is 24.7. The third-order valence-electron chi connectivity index (χ3n) is 6.07. The van der Waals surface area contributed by atoms with E-state index in [1.807, 2.05) is 24.4 Å². The zero-order chi connectivity index (χ0) is 23.8. The first-order valence-electron chi connectivity index (χ1n) is 11.3. The van der Waals surface area contributed by atoms with Gasteiger partial charge in [0, 0.05) is 25.8 Å². The van der Waals surface area contributed by atoms with Crippen molar-refractivity contribution >= 4 is 16.7 Å². The monoisotopic (exact) mass is 464 g/mol. The van der Waals surface area contributed by atoms with Crippen molar-refractivity contribution in [3.8, 4) is 11.5 Å². The maximum absolute atomic E-state index is 13.3. The zero-order valence-electron chi connectivity index (χ0n) is 19.8. The van der Waals surface area contributed by atoms with Crippen LogP contribution in [0.15, 0.2) is 41.6 Å². The minimum absolute atomic E-state index is 0.187. The molecule has 1 aliphatic rings. The highest BCUT2D eigenvalue weighted by Gasteiger charge is 2.23. The molecule has 1 aromatic carbocycles. The summed E-state index contributed by atoms with van der Waals surface area (Å²) in [6.45, 7) is 6.96. The summed E-state index contributed by atoms with van der Waals surface area (Å²) in [6, 6.07) is 7.64. The van der Waals surface area contributed by atoms with Gasteiger partial charge in [0.05, 0.1) is 38.4 Å². The highest BCUT2D eigenvalue weighted by Crippen LogP contribution is 2.28. The van der Waals surface area contributed by atoms with Gasteiger partial charge in [-0.1, -0.05) is 6.07 Å².